The highest BCUT2D eigenvalue weighted by Crippen LogP contribution is 2.34. The van der Waals surface area contributed by atoms with E-state index in [1.807, 2.05) is 43.3 Å². The molecule has 0 fully saturated rings. The van der Waals surface area contributed by atoms with Gasteiger partial charge in [0.05, 0.1) is 17.9 Å². The van der Waals surface area contributed by atoms with Gasteiger partial charge in [0.2, 0.25) is 5.91 Å². The van der Waals surface area contributed by atoms with Gasteiger partial charge < -0.3 is 9.64 Å². The molecule has 0 radical (unpaired) electrons. The Morgan fingerprint density at radius 2 is 1.85 bits per heavy atom. The van der Waals surface area contributed by atoms with Crippen molar-refractivity contribution in [3.63, 3.8) is 0 Å². The minimum atomic E-state index is -0.489. The molecule has 1 aliphatic rings. The van der Waals surface area contributed by atoms with Gasteiger partial charge in [-0.05, 0) is 24.1 Å². The molecule has 1 aliphatic heterocycles. The van der Waals surface area contributed by atoms with E-state index in [9.17, 15) is 14.4 Å². The fourth-order valence-corrected chi connectivity index (χ4v) is 3.77. The summed E-state index contributed by atoms with van der Waals surface area (Å²) in [6.07, 6.45) is 0.951. The average Bonchev–Trinajstić information content (AvgIpc) is 2.71. The maximum absolute atomic E-state index is 12.2. The second-order valence-corrected chi connectivity index (χ2v) is 7.20. The number of amides is 1. The Kier molecular flexibility index (Phi) is 6.29. The van der Waals surface area contributed by atoms with E-state index in [-0.39, 0.29) is 31.3 Å². The Bertz CT molecular complexity index is 848. The molecular weight excluding hydrogens is 362 g/mol. The zero-order chi connectivity index (χ0) is 19.2. The van der Waals surface area contributed by atoms with Gasteiger partial charge in [0, 0.05) is 17.0 Å². The van der Waals surface area contributed by atoms with E-state index in [1.54, 1.807) is 17.0 Å². The second kappa shape index (κ2) is 8.86. The topological polar surface area (TPSA) is 63.7 Å². The normalized spacial score (nSPS) is 13.2. The number of carbonyl (C=O) groups is 3. The van der Waals surface area contributed by atoms with Crippen molar-refractivity contribution < 1.29 is 19.1 Å². The van der Waals surface area contributed by atoms with Crippen LogP contribution in [0.25, 0.3) is 0 Å². The third kappa shape index (κ3) is 4.77. The molecule has 140 valence electrons. The minimum Gasteiger partial charge on any atom is -0.457 e. The molecule has 1 amide bonds. The molecule has 5 nitrogen and oxygen atoms in total. The molecule has 0 atom stereocenters. The van der Waals surface area contributed by atoms with E-state index in [0.717, 1.165) is 22.6 Å². The lowest BCUT2D eigenvalue weighted by atomic mass is 10.1. The summed E-state index contributed by atoms with van der Waals surface area (Å²) in [5.74, 6) is -0.393. The highest BCUT2D eigenvalue weighted by molar-refractivity contribution is 8.00. The molecule has 0 saturated carbocycles. The van der Waals surface area contributed by atoms with Crippen molar-refractivity contribution in [1.82, 2.24) is 0 Å². The highest BCUT2D eigenvalue weighted by Gasteiger charge is 2.25. The predicted octanol–water partition coefficient (Wildman–Crippen LogP) is 3.50. The van der Waals surface area contributed by atoms with Crippen molar-refractivity contribution >= 4 is 35.1 Å². The molecule has 0 spiro atoms. The number of ether oxygens (including phenoxy) is 1. The van der Waals surface area contributed by atoms with E-state index < -0.39 is 5.97 Å². The predicted molar refractivity (Wildman–Crippen MR) is 105 cm³/mol. The van der Waals surface area contributed by atoms with Crippen molar-refractivity contribution in [3.05, 3.63) is 59.7 Å². The minimum absolute atomic E-state index is 0.0291. The fourth-order valence-electron chi connectivity index (χ4n) is 2.83. The number of hydrogen-bond donors (Lipinski definition) is 0. The zero-order valence-corrected chi connectivity index (χ0v) is 16.0. The third-order valence-corrected chi connectivity index (χ3v) is 5.44. The van der Waals surface area contributed by atoms with Crippen LogP contribution in [0.3, 0.4) is 0 Å². The molecule has 3 rings (SSSR count). The number of carbonyl (C=O) groups excluding carboxylic acids is 3. The summed E-state index contributed by atoms with van der Waals surface area (Å²) in [6.45, 7) is 2.00. The summed E-state index contributed by atoms with van der Waals surface area (Å²) in [5, 5.41) is 0. The van der Waals surface area contributed by atoms with E-state index in [4.69, 9.17) is 4.74 Å². The van der Waals surface area contributed by atoms with Gasteiger partial charge in [0.15, 0.2) is 12.4 Å². The Morgan fingerprint density at radius 1 is 1.11 bits per heavy atom. The van der Waals surface area contributed by atoms with E-state index in [0.29, 0.717) is 11.3 Å². The molecule has 0 bridgehead atoms. The Labute approximate surface area is 162 Å². The van der Waals surface area contributed by atoms with E-state index in [1.165, 1.54) is 11.8 Å². The number of rotatable bonds is 7. The van der Waals surface area contributed by atoms with Crippen LogP contribution < -0.4 is 4.90 Å². The van der Waals surface area contributed by atoms with Gasteiger partial charge in [-0.1, -0.05) is 43.3 Å². The van der Waals surface area contributed by atoms with Gasteiger partial charge in [-0.2, -0.15) is 0 Å². The van der Waals surface area contributed by atoms with Crippen molar-refractivity contribution in [1.29, 1.82) is 0 Å². The molecular formula is C21H21NO4S. The molecule has 2 aromatic carbocycles. The number of nitrogens with zero attached hydrogens (tertiary/aromatic N) is 1. The van der Waals surface area contributed by atoms with Crippen LogP contribution in [0, 0.1) is 0 Å². The van der Waals surface area contributed by atoms with Gasteiger partial charge in [-0.15, -0.1) is 11.8 Å². The number of benzene rings is 2. The van der Waals surface area contributed by atoms with Crippen LogP contribution in [0.1, 0.15) is 29.3 Å². The van der Waals surface area contributed by atoms with Crippen LogP contribution >= 0.6 is 11.8 Å². The summed E-state index contributed by atoms with van der Waals surface area (Å²) >= 11 is 1.50. The first-order chi connectivity index (χ1) is 13.1. The smallest absolute Gasteiger partial charge is 0.308 e. The number of aryl methyl sites for hydroxylation is 1. The van der Waals surface area contributed by atoms with Crippen LogP contribution in [0.5, 0.6) is 0 Å². The standard InChI is InChI=1S/C21H21NO4S/c1-2-15-7-9-16(10-8-15)18(23)13-26-21(25)11-12-22-17-5-3-4-6-19(17)27-14-20(22)24/h3-10H,2,11-14H2,1H3. The average molecular weight is 383 g/mol. The molecule has 0 aromatic heterocycles. The Morgan fingerprint density at radius 3 is 2.59 bits per heavy atom. The second-order valence-electron chi connectivity index (χ2n) is 6.19. The Balaban J connectivity index is 1.51. The molecule has 0 aliphatic carbocycles. The molecule has 0 saturated heterocycles. The summed E-state index contributed by atoms with van der Waals surface area (Å²) in [7, 11) is 0. The summed E-state index contributed by atoms with van der Waals surface area (Å²) in [4.78, 5) is 39.0. The number of thioether (sulfide) groups is 1. The number of hydrogen-bond acceptors (Lipinski definition) is 5. The highest BCUT2D eigenvalue weighted by atomic mass is 32.2. The van der Waals surface area contributed by atoms with Crippen LogP contribution in [0.2, 0.25) is 0 Å². The van der Waals surface area contributed by atoms with Gasteiger partial charge in [-0.25, -0.2) is 0 Å². The van der Waals surface area contributed by atoms with Gasteiger partial charge >= 0.3 is 5.97 Å². The summed E-state index contributed by atoms with van der Waals surface area (Å²) < 4.78 is 5.10. The summed E-state index contributed by atoms with van der Waals surface area (Å²) in [5.41, 5.74) is 2.49. The monoisotopic (exact) mass is 383 g/mol. The third-order valence-electron chi connectivity index (χ3n) is 4.40. The first kappa shape index (κ1) is 19.2. The zero-order valence-electron chi connectivity index (χ0n) is 15.1. The first-order valence-electron chi connectivity index (χ1n) is 8.88. The number of para-hydroxylation sites is 1. The lowest BCUT2D eigenvalue weighted by Gasteiger charge is -2.28. The number of anilines is 1. The lowest BCUT2D eigenvalue weighted by Crippen LogP contribution is -2.37. The fraction of sp³-hybridized carbons (Fsp3) is 0.286. The lowest BCUT2D eigenvalue weighted by molar-refractivity contribution is -0.142. The van der Waals surface area contributed by atoms with Crippen molar-refractivity contribution in [2.75, 3.05) is 23.8 Å². The summed E-state index contributed by atoms with van der Waals surface area (Å²) in [6, 6.07) is 14.9. The molecule has 2 aromatic rings. The maximum Gasteiger partial charge on any atom is 0.308 e. The molecule has 27 heavy (non-hydrogen) atoms. The maximum atomic E-state index is 12.2. The largest absolute Gasteiger partial charge is 0.457 e. The quantitative estimate of drug-likeness (QED) is 0.541. The number of esters is 1. The number of ketones is 1. The van der Waals surface area contributed by atoms with Crippen molar-refractivity contribution in [2.45, 2.75) is 24.7 Å². The van der Waals surface area contributed by atoms with Crippen LogP contribution in [0.15, 0.2) is 53.4 Å². The van der Waals surface area contributed by atoms with E-state index >= 15 is 0 Å². The molecule has 1 heterocycles. The molecule has 6 heteroatoms. The van der Waals surface area contributed by atoms with Gasteiger partial charge in [0.1, 0.15) is 0 Å². The van der Waals surface area contributed by atoms with Crippen molar-refractivity contribution in [2.24, 2.45) is 0 Å². The van der Waals surface area contributed by atoms with Crippen LogP contribution in [-0.4, -0.2) is 36.6 Å². The van der Waals surface area contributed by atoms with Crippen molar-refractivity contribution in [3.8, 4) is 0 Å². The SMILES string of the molecule is CCc1ccc(C(=O)COC(=O)CCN2C(=O)CSc3ccccc32)cc1. The van der Waals surface area contributed by atoms with Gasteiger partial charge in [0.25, 0.3) is 0 Å². The molecule has 0 N–H and O–H groups in total. The number of fused-ring (bicyclic) bond motifs is 1. The first-order valence-corrected chi connectivity index (χ1v) is 9.87. The molecule has 0 unspecified atom stereocenters. The van der Waals surface area contributed by atoms with Crippen LogP contribution in [0.4, 0.5) is 5.69 Å². The van der Waals surface area contributed by atoms with E-state index in [2.05, 4.69) is 0 Å². The number of Topliss-reactive ketones (excluding diaryl/α,β-unsaturated/α-hetero) is 1. The van der Waals surface area contributed by atoms with Crippen LogP contribution in [-0.2, 0) is 20.7 Å². The Hall–Kier alpha value is -2.60. The van der Waals surface area contributed by atoms with Gasteiger partial charge in [-0.3, -0.25) is 14.4 Å².